The standard InChI is InChI=1S/C27H27N7O/c1-19-10-7-8-12-22(19)18-26-28-27(34(30-26)23-13-5-4-6-14-23)25(33-20(2)29-31-32-33)17-21-11-9-15-24(16-21)35-3/h4-16,25H,17-18H2,1-3H3. The number of aromatic nitrogens is 7. The largest absolute Gasteiger partial charge is 0.497 e. The summed E-state index contributed by atoms with van der Waals surface area (Å²) in [6.45, 7) is 4.01. The zero-order chi connectivity index (χ0) is 24.2. The van der Waals surface area contributed by atoms with Gasteiger partial charge in [0.15, 0.2) is 11.6 Å². The number of hydrogen-bond acceptors (Lipinski definition) is 6. The highest BCUT2D eigenvalue weighted by molar-refractivity contribution is 5.35. The van der Waals surface area contributed by atoms with Crippen molar-refractivity contribution in [3.8, 4) is 11.4 Å². The zero-order valence-electron chi connectivity index (χ0n) is 20.0. The van der Waals surface area contributed by atoms with Crippen molar-refractivity contribution in [3.63, 3.8) is 0 Å². The molecule has 0 amide bonds. The molecule has 0 saturated carbocycles. The summed E-state index contributed by atoms with van der Waals surface area (Å²) in [5.74, 6) is 3.04. The average molecular weight is 466 g/mol. The number of hydrogen-bond donors (Lipinski definition) is 0. The van der Waals surface area contributed by atoms with Crippen molar-refractivity contribution in [2.24, 2.45) is 0 Å². The van der Waals surface area contributed by atoms with Crippen LogP contribution in [0.2, 0.25) is 0 Å². The quantitative estimate of drug-likeness (QED) is 0.340. The fourth-order valence-electron chi connectivity index (χ4n) is 4.23. The van der Waals surface area contributed by atoms with Gasteiger partial charge in [-0.05, 0) is 65.2 Å². The molecule has 1 atom stereocenters. The predicted molar refractivity (Wildman–Crippen MR) is 133 cm³/mol. The molecule has 0 N–H and O–H groups in total. The summed E-state index contributed by atoms with van der Waals surface area (Å²) in [7, 11) is 1.67. The lowest BCUT2D eigenvalue weighted by atomic mass is 10.0. The highest BCUT2D eigenvalue weighted by Gasteiger charge is 2.26. The van der Waals surface area contributed by atoms with Gasteiger partial charge < -0.3 is 4.74 Å². The van der Waals surface area contributed by atoms with Crippen LogP contribution in [0.5, 0.6) is 5.75 Å². The summed E-state index contributed by atoms with van der Waals surface area (Å²) in [5, 5.41) is 17.3. The van der Waals surface area contributed by atoms with Crippen LogP contribution in [0.3, 0.4) is 0 Å². The summed E-state index contributed by atoms with van der Waals surface area (Å²) >= 11 is 0. The molecule has 0 aliphatic heterocycles. The Morgan fingerprint density at radius 1 is 0.914 bits per heavy atom. The van der Waals surface area contributed by atoms with Crippen molar-refractivity contribution in [3.05, 3.63) is 113 Å². The van der Waals surface area contributed by atoms with Crippen molar-refractivity contribution in [2.45, 2.75) is 32.7 Å². The lowest BCUT2D eigenvalue weighted by molar-refractivity contribution is 0.413. The summed E-state index contributed by atoms with van der Waals surface area (Å²) < 4.78 is 9.19. The molecule has 3 aromatic carbocycles. The van der Waals surface area contributed by atoms with E-state index in [0.717, 1.165) is 28.6 Å². The van der Waals surface area contributed by atoms with E-state index >= 15 is 0 Å². The van der Waals surface area contributed by atoms with Crippen LogP contribution in [-0.4, -0.2) is 42.1 Å². The van der Waals surface area contributed by atoms with Gasteiger partial charge in [-0.25, -0.2) is 14.3 Å². The highest BCUT2D eigenvalue weighted by atomic mass is 16.5. The van der Waals surface area contributed by atoms with Gasteiger partial charge in [0.1, 0.15) is 17.6 Å². The van der Waals surface area contributed by atoms with E-state index in [2.05, 4.69) is 40.6 Å². The van der Waals surface area contributed by atoms with Gasteiger partial charge in [-0.15, -0.1) is 5.10 Å². The number of para-hydroxylation sites is 1. The SMILES string of the molecule is COc1cccc(CC(c2nc(Cc3ccccc3C)nn2-c2ccccc2)n2nnnc2C)c1. The van der Waals surface area contributed by atoms with E-state index in [1.807, 2.05) is 77.0 Å². The van der Waals surface area contributed by atoms with Crippen molar-refractivity contribution >= 4 is 0 Å². The van der Waals surface area contributed by atoms with Crippen LogP contribution in [-0.2, 0) is 12.8 Å². The minimum Gasteiger partial charge on any atom is -0.497 e. The fraction of sp³-hybridized carbons (Fsp3) is 0.222. The zero-order valence-corrected chi connectivity index (χ0v) is 20.0. The maximum atomic E-state index is 5.45. The number of aryl methyl sites for hydroxylation is 2. The molecule has 8 nitrogen and oxygen atoms in total. The van der Waals surface area contributed by atoms with E-state index in [4.69, 9.17) is 14.8 Å². The second kappa shape index (κ2) is 9.89. The fourth-order valence-corrected chi connectivity index (χ4v) is 4.23. The van der Waals surface area contributed by atoms with Crippen LogP contribution >= 0.6 is 0 Å². The first-order chi connectivity index (χ1) is 17.1. The van der Waals surface area contributed by atoms with Crippen LogP contribution in [0.15, 0.2) is 78.9 Å². The molecule has 0 bridgehead atoms. The van der Waals surface area contributed by atoms with E-state index < -0.39 is 0 Å². The molecule has 0 aliphatic carbocycles. The third-order valence-corrected chi connectivity index (χ3v) is 6.10. The van der Waals surface area contributed by atoms with Gasteiger partial charge in [0.2, 0.25) is 0 Å². The first kappa shape index (κ1) is 22.5. The molecule has 0 spiro atoms. The number of rotatable bonds is 8. The van der Waals surface area contributed by atoms with E-state index in [1.165, 1.54) is 11.1 Å². The van der Waals surface area contributed by atoms with Crippen LogP contribution in [0.1, 0.15) is 40.2 Å². The third kappa shape index (κ3) is 4.82. The Labute approximate surface area is 204 Å². The normalized spacial score (nSPS) is 12.0. The molecule has 0 aliphatic rings. The average Bonchev–Trinajstić information content (AvgIpc) is 3.51. The topological polar surface area (TPSA) is 83.5 Å². The molecule has 176 valence electrons. The van der Waals surface area contributed by atoms with E-state index in [0.29, 0.717) is 18.7 Å². The van der Waals surface area contributed by atoms with Crippen LogP contribution < -0.4 is 4.74 Å². The Balaban J connectivity index is 1.63. The minimum absolute atomic E-state index is 0.268. The van der Waals surface area contributed by atoms with Crippen LogP contribution in [0.25, 0.3) is 5.69 Å². The summed E-state index contributed by atoms with van der Waals surface area (Å²) in [4.78, 5) is 5.06. The molecular formula is C27H27N7O. The summed E-state index contributed by atoms with van der Waals surface area (Å²) in [6.07, 6.45) is 1.26. The van der Waals surface area contributed by atoms with E-state index in [1.54, 1.807) is 7.11 Å². The Bertz CT molecular complexity index is 1420. The van der Waals surface area contributed by atoms with Gasteiger partial charge in [0.05, 0.1) is 12.8 Å². The van der Waals surface area contributed by atoms with Gasteiger partial charge in [0.25, 0.3) is 0 Å². The predicted octanol–water partition coefficient (Wildman–Crippen LogP) is 4.30. The highest BCUT2D eigenvalue weighted by Crippen LogP contribution is 2.27. The van der Waals surface area contributed by atoms with Gasteiger partial charge in [-0.1, -0.05) is 54.6 Å². The lowest BCUT2D eigenvalue weighted by Crippen LogP contribution is -2.21. The molecule has 8 heteroatoms. The molecule has 1 unspecified atom stereocenters. The first-order valence-electron chi connectivity index (χ1n) is 11.6. The van der Waals surface area contributed by atoms with Gasteiger partial charge in [-0.3, -0.25) is 0 Å². The molecule has 0 saturated heterocycles. The first-order valence-corrected chi connectivity index (χ1v) is 11.6. The number of methoxy groups -OCH3 is 1. The second-order valence-electron chi connectivity index (χ2n) is 8.48. The molecule has 35 heavy (non-hydrogen) atoms. The summed E-state index contributed by atoms with van der Waals surface area (Å²) in [5.41, 5.74) is 4.45. The van der Waals surface area contributed by atoms with Crippen molar-refractivity contribution in [2.75, 3.05) is 7.11 Å². The Hall–Kier alpha value is -4.33. The van der Waals surface area contributed by atoms with Crippen molar-refractivity contribution in [1.82, 2.24) is 35.0 Å². The van der Waals surface area contributed by atoms with Crippen molar-refractivity contribution < 1.29 is 4.74 Å². The lowest BCUT2D eigenvalue weighted by Gasteiger charge is -2.18. The second-order valence-corrected chi connectivity index (χ2v) is 8.48. The Kier molecular flexibility index (Phi) is 6.34. The maximum absolute atomic E-state index is 5.45. The monoisotopic (exact) mass is 465 g/mol. The van der Waals surface area contributed by atoms with Gasteiger partial charge in [-0.2, -0.15) is 5.10 Å². The van der Waals surface area contributed by atoms with Gasteiger partial charge in [0, 0.05) is 12.8 Å². The maximum Gasteiger partial charge on any atom is 0.157 e. The number of tetrazole rings is 1. The summed E-state index contributed by atoms with van der Waals surface area (Å²) in [6, 6.07) is 26.2. The smallest absolute Gasteiger partial charge is 0.157 e. The number of ether oxygens (including phenoxy) is 1. The van der Waals surface area contributed by atoms with Crippen LogP contribution in [0, 0.1) is 13.8 Å². The molecular weight excluding hydrogens is 438 g/mol. The number of benzene rings is 3. The van der Waals surface area contributed by atoms with E-state index in [-0.39, 0.29) is 6.04 Å². The molecule has 2 heterocycles. The number of nitrogens with zero attached hydrogens (tertiary/aromatic N) is 7. The third-order valence-electron chi connectivity index (χ3n) is 6.10. The Morgan fingerprint density at radius 3 is 2.46 bits per heavy atom. The van der Waals surface area contributed by atoms with Crippen LogP contribution in [0.4, 0.5) is 0 Å². The molecule has 5 rings (SSSR count). The Morgan fingerprint density at radius 2 is 1.71 bits per heavy atom. The van der Waals surface area contributed by atoms with E-state index in [9.17, 15) is 0 Å². The molecule has 2 aromatic heterocycles. The molecule has 5 aromatic rings. The molecule has 0 fully saturated rings. The van der Waals surface area contributed by atoms with Crippen molar-refractivity contribution in [1.29, 1.82) is 0 Å². The van der Waals surface area contributed by atoms with Gasteiger partial charge >= 0.3 is 0 Å². The minimum atomic E-state index is -0.268. The molecule has 0 radical (unpaired) electrons.